The lowest BCUT2D eigenvalue weighted by Gasteiger charge is -2.29. The smallest absolute Gasteiger partial charge is 0.0341 e. The van der Waals surface area contributed by atoms with Crippen LogP contribution in [0.1, 0.15) is 98.0 Å². The summed E-state index contributed by atoms with van der Waals surface area (Å²) >= 11 is 3.54. The molecule has 1 N–H and O–H groups in total. The maximum atomic E-state index is 3.71. The quantitative estimate of drug-likeness (QED) is 0.220. The van der Waals surface area contributed by atoms with Gasteiger partial charge in [0.25, 0.3) is 0 Å². The molecular formula is C31H48BrN. The van der Waals surface area contributed by atoms with Crippen LogP contribution in [0.15, 0.2) is 59.1 Å². The Labute approximate surface area is 213 Å². The minimum Gasteiger partial charge on any atom is -0.385 e. The molecule has 33 heavy (non-hydrogen) atoms. The maximum absolute atomic E-state index is 3.71. The number of hydrogen-bond donors (Lipinski definition) is 1. The van der Waals surface area contributed by atoms with Gasteiger partial charge in [-0.25, -0.2) is 0 Å². The minimum atomic E-state index is 0.414. The fourth-order valence-electron chi connectivity index (χ4n) is 4.69. The lowest BCUT2D eigenvalue weighted by atomic mass is 9.76. The summed E-state index contributed by atoms with van der Waals surface area (Å²) in [5.74, 6) is 0.753. The molecule has 0 aliphatic carbocycles. The highest BCUT2D eigenvalue weighted by molar-refractivity contribution is 9.10. The van der Waals surface area contributed by atoms with Crippen LogP contribution in [0.2, 0.25) is 0 Å². The van der Waals surface area contributed by atoms with Gasteiger partial charge in [-0.05, 0) is 78.7 Å². The molecule has 0 aliphatic rings. The van der Waals surface area contributed by atoms with Gasteiger partial charge in [0, 0.05) is 16.7 Å². The van der Waals surface area contributed by atoms with Crippen molar-refractivity contribution >= 4 is 21.6 Å². The van der Waals surface area contributed by atoms with Crippen LogP contribution in [0.3, 0.4) is 0 Å². The fraction of sp³-hybridized carbons (Fsp3) is 0.613. The minimum absolute atomic E-state index is 0.414. The number of hydrogen-bond acceptors (Lipinski definition) is 1. The normalized spacial score (nSPS) is 14.6. The zero-order chi connectivity index (χ0) is 24.2. The summed E-state index contributed by atoms with van der Waals surface area (Å²) in [5.41, 5.74) is 3.61. The summed E-state index contributed by atoms with van der Waals surface area (Å²) in [6.45, 7) is 13.1. The molecule has 0 radical (unpaired) electrons. The van der Waals surface area contributed by atoms with Gasteiger partial charge < -0.3 is 5.32 Å². The van der Waals surface area contributed by atoms with Gasteiger partial charge in [0.1, 0.15) is 0 Å². The van der Waals surface area contributed by atoms with Crippen molar-refractivity contribution in [2.75, 3.05) is 11.9 Å². The van der Waals surface area contributed by atoms with Crippen molar-refractivity contribution in [2.24, 2.45) is 16.7 Å². The molecule has 1 nitrogen and oxygen atoms in total. The monoisotopic (exact) mass is 513 g/mol. The molecule has 2 aromatic rings. The Kier molecular flexibility index (Phi) is 12.0. The first-order chi connectivity index (χ1) is 15.8. The second-order valence-electron chi connectivity index (χ2n) is 11.2. The van der Waals surface area contributed by atoms with Crippen molar-refractivity contribution in [3.05, 3.63) is 64.6 Å². The van der Waals surface area contributed by atoms with Crippen LogP contribution in [0.25, 0.3) is 0 Å². The second-order valence-corrected chi connectivity index (χ2v) is 12.2. The summed E-state index contributed by atoms with van der Waals surface area (Å²) in [5, 5.41) is 3.71. The van der Waals surface area contributed by atoms with Crippen LogP contribution in [0.5, 0.6) is 0 Å². The Morgan fingerprint density at radius 2 is 1.45 bits per heavy atom. The molecule has 184 valence electrons. The number of nitrogens with one attached hydrogen (secondary N) is 1. The van der Waals surface area contributed by atoms with Crippen molar-refractivity contribution in [2.45, 2.75) is 98.8 Å². The van der Waals surface area contributed by atoms with Gasteiger partial charge >= 0.3 is 0 Å². The maximum Gasteiger partial charge on any atom is 0.0341 e. The lowest BCUT2D eigenvalue weighted by molar-refractivity contribution is 0.263. The van der Waals surface area contributed by atoms with E-state index in [9.17, 15) is 0 Å². The molecular weight excluding hydrogens is 466 g/mol. The predicted octanol–water partition coefficient (Wildman–Crippen LogP) is 10.3. The number of unbranched alkanes of at least 4 members (excludes halogenated alkanes) is 1. The standard InChI is InChI=1S/C31H48BrN/c1-6-30(3,4)22-13-17-27(25-33-29-20-18-28(32)19-21-29)16-11-12-23-31(5,7-2)24-26-14-9-8-10-15-26/h8-10,14-15,18-21,27,33H,6-7,11-13,16-17,22-25H2,1-5H3. The van der Waals surface area contributed by atoms with E-state index in [1.807, 2.05) is 0 Å². The van der Waals surface area contributed by atoms with E-state index >= 15 is 0 Å². The van der Waals surface area contributed by atoms with Gasteiger partial charge in [0.2, 0.25) is 0 Å². The van der Waals surface area contributed by atoms with E-state index in [0.29, 0.717) is 10.8 Å². The van der Waals surface area contributed by atoms with E-state index in [1.54, 1.807) is 0 Å². The molecule has 2 aromatic carbocycles. The molecule has 2 atom stereocenters. The molecule has 0 saturated carbocycles. The Hall–Kier alpha value is -1.28. The van der Waals surface area contributed by atoms with Crippen LogP contribution in [0.4, 0.5) is 5.69 Å². The van der Waals surface area contributed by atoms with Crippen molar-refractivity contribution in [3.8, 4) is 0 Å². The summed E-state index contributed by atoms with van der Waals surface area (Å²) < 4.78 is 1.14. The van der Waals surface area contributed by atoms with Gasteiger partial charge in [-0.3, -0.25) is 0 Å². The van der Waals surface area contributed by atoms with Crippen molar-refractivity contribution in [1.82, 2.24) is 0 Å². The molecule has 2 heteroatoms. The molecule has 0 saturated heterocycles. The highest BCUT2D eigenvalue weighted by Gasteiger charge is 2.22. The summed E-state index contributed by atoms with van der Waals surface area (Å²) in [6.07, 6.45) is 13.1. The van der Waals surface area contributed by atoms with Crippen LogP contribution < -0.4 is 5.32 Å². The average molecular weight is 515 g/mol. The van der Waals surface area contributed by atoms with E-state index in [-0.39, 0.29) is 0 Å². The van der Waals surface area contributed by atoms with Gasteiger partial charge in [0.05, 0.1) is 0 Å². The van der Waals surface area contributed by atoms with Crippen LogP contribution >= 0.6 is 15.9 Å². The van der Waals surface area contributed by atoms with Gasteiger partial charge in [-0.15, -0.1) is 0 Å². The largest absolute Gasteiger partial charge is 0.385 e. The molecule has 2 unspecified atom stereocenters. The van der Waals surface area contributed by atoms with Crippen LogP contribution in [-0.4, -0.2) is 6.54 Å². The Morgan fingerprint density at radius 3 is 2.09 bits per heavy atom. The van der Waals surface area contributed by atoms with Gasteiger partial charge in [-0.2, -0.15) is 0 Å². The van der Waals surface area contributed by atoms with Gasteiger partial charge in [-0.1, -0.05) is 113 Å². The highest BCUT2D eigenvalue weighted by Crippen LogP contribution is 2.34. The van der Waals surface area contributed by atoms with Crippen LogP contribution in [-0.2, 0) is 6.42 Å². The molecule has 0 spiro atoms. The first kappa shape index (κ1) is 28.0. The van der Waals surface area contributed by atoms with E-state index in [2.05, 4.69) is 110 Å². The van der Waals surface area contributed by atoms with E-state index in [4.69, 9.17) is 0 Å². The van der Waals surface area contributed by atoms with E-state index in [0.717, 1.165) is 16.9 Å². The zero-order valence-electron chi connectivity index (χ0n) is 21.9. The van der Waals surface area contributed by atoms with Crippen molar-refractivity contribution in [1.29, 1.82) is 0 Å². The number of benzene rings is 2. The van der Waals surface area contributed by atoms with Crippen molar-refractivity contribution in [3.63, 3.8) is 0 Å². The average Bonchev–Trinajstić information content (AvgIpc) is 2.81. The molecule has 0 fully saturated rings. The molecule has 0 bridgehead atoms. The third kappa shape index (κ3) is 11.1. The third-order valence-electron chi connectivity index (χ3n) is 7.83. The Morgan fingerprint density at radius 1 is 0.788 bits per heavy atom. The number of halogens is 1. The van der Waals surface area contributed by atoms with Crippen LogP contribution in [0, 0.1) is 16.7 Å². The zero-order valence-corrected chi connectivity index (χ0v) is 23.5. The highest BCUT2D eigenvalue weighted by atomic mass is 79.9. The molecule has 0 amide bonds. The molecule has 0 aliphatic heterocycles. The Bertz CT molecular complexity index is 767. The second kappa shape index (κ2) is 14.2. The first-order valence-electron chi connectivity index (χ1n) is 13.3. The molecule has 0 heterocycles. The topological polar surface area (TPSA) is 12.0 Å². The summed E-state index contributed by atoms with van der Waals surface area (Å²) in [4.78, 5) is 0. The number of anilines is 1. The predicted molar refractivity (Wildman–Crippen MR) is 151 cm³/mol. The van der Waals surface area contributed by atoms with E-state index < -0.39 is 0 Å². The van der Waals surface area contributed by atoms with Gasteiger partial charge in [0.15, 0.2) is 0 Å². The summed E-state index contributed by atoms with van der Waals surface area (Å²) in [7, 11) is 0. The molecule has 0 aromatic heterocycles. The number of rotatable bonds is 16. The first-order valence-corrected chi connectivity index (χ1v) is 14.1. The van der Waals surface area contributed by atoms with Crippen molar-refractivity contribution < 1.29 is 0 Å². The lowest BCUT2D eigenvalue weighted by Crippen LogP contribution is -2.19. The fourth-order valence-corrected chi connectivity index (χ4v) is 4.95. The Balaban J connectivity index is 1.84. The van der Waals surface area contributed by atoms with E-state index in [1.165, 1.54) is 75.5 Å². The third-order valence-corrected chi connectivity index (χ3v) is 8.36. The molecule has 2 rings (SSSR count). The summed E-state index contributed by atoms with van der Waals surface area (Å²) in [6, 6.07) is 19.7. The SMILES string of the molecule is CCC(C)(C)CCCC(CCCCC(C)(CC)Cc1ccccc1)CNc1ccc(Br)cc1.